The molecule has 0 saturated carbocycles. The Balaban J connectivity index is 0.00000306. The minimum atomic E-state index is -0.0642. The number of aryl methyl sites for hydroxylation is 3. The molecule has 33 heavy (non-hydrogen) atoms. The fourth-order valence-corrected chi connectivity index (χ4v) is 4.44. The summed E-state index contributed by atoms with van der Waals surface area (Å²) in [6.45, 7) is 11.3. The predicted molar refractivity (Wildman–Crippen MR) is 140 cm³/mol. The van der Waals surface area contributed by atoms with Crippen LogP contribution >= 0.6 is 24.0 Å². The van der Waals surface area contributed by atoms with Crippen molar-refractivity contribution < 1.29 is 14.2 Å². The van der Waals surface area contributed by atoms with Gasteiger partial charge in [-0.2, -0.15) is 5.10 Å². The van der Waals surface area contributed by atoms with Crippen molar-refractivity contribution in [3.8, 4) is 11.5 Å². The zero-order valence-electron chi connectivity index (χ0n) is 19.9. The first-order valence-electron chi connectivity index (χ1n) is 11.6. The van der Waals surface area contributed by atoms with Crippen LogP contribution in [0.4, 0.5) is 0 Å². The van der Waals surface area contributed by atoms with Crippen LogP contribution in [0.1, 0.15) is 43.1 Å². The summed E-state index contributed by atoms with van der Waals surface area (Å²) in [6, 6.07) is 8.41. The Hall–Kier alpha value is -2.01. The maximum Gasteiger partial charge on any atom is 0.231 e. The average Bonchev–Trinajstić information content (AvgIpc) is 3.40. The first-order valence-corrected chi connectivity index (χ1v) is 11.6. The van der Waals surface area contributed by atoms with Gasteiger partial charge in [-0.3, -0.25) is 9.67 Å². The van der Waals surface area contributed by atoms with E-state index >= 15 is 0 Å². The smallest absolute Gasteiger partial charge is 0.231 e. The topological polar surface area (TPSA) is 81.9 Å². The summed E-state index contributed by atoms with van der Waals surface area (Å²) < 4.78 is 18.9. The van der Waals surface area contributed by atoms with Crippen LogP contribution in [0.15, 0.2) is 29.3 Å². The molecule has 0 spiro atoms. The molecule has 1 saturated heterocycles. The first kappa shape index (κ1) is 25.6. The summed E-state index contributed by atoms with van der Waals surface area (Å²) in [6.07, 6.45) is 2.86. The fourth-order valence-electron chi connectivity index (χ4n) is 4.44. The van der Waals surface area contributed by atoms with Crippen LogP contribution in [0.5, 0.6) is 11.5 Å². The van der Waals surface area contributed by atoms with Crippen LogP contribution in [0, 0.1) is 13.8 Å². The fraction of sp³-hybridized carbons (Fsp3) is 0.583. The lowest BCUT2D eigenvalue weighted by molar-refractivity contribution is 0.0530. The molecule has 1 aromatic carbocycles. The average molecular weight is 569 g/mol. The van der Waals surface area contributed by atoms with Gasteiger partial charge in [0.05, 0.1) is 12.2 Å². The van der Waals surface area contributed by atoms with E-state index in [2.05, 4.69) is 52.5 Å². The Morgan fingerprint density at radius 1 is 1.12 bits per heavy atom. The molecular weight excluding hydrogens is 533 g/mol. The molecule has 4 rings (SSSR count). The van der Waals surface area contributed by atoms with Crippen molar-refractivity contribution in [3.05, 3.63) is 41.2 Å². The van der Waals surface area contributed by atoms with Gasteiger partial charge in [-0.15, -0.1) is 24.0 Å². The highest BCUT2D eigenvalue weighted by atomic mass is 127. The van der Waals surface area contributed by atoms with Gasteiger partial charge >= 0.3 is 0 Å². The van der Waals surface area contributed by atoms with Gasteiger partial charge in [0.15, 0.2) is 17.5 Å². The highest BCUT2D eigenvalue weighted by Gasteiger charge is 2.35. The van der Waals surface area contributed by atoms with Crippen molar-refractivity contribution >= 4 is 29.9 Å². The number of fused-ring (bicyclic) bond motifs is 1. The molecule has 182 valence electrons. The highest BCUT2D eigenvalue weighted by molar-refractivity contribution is 14.0. The molecule has 9 heteroatoms. The van der Waals surface area contributed by atoms with Gasteiger partial charge in [0.1, 0.15) is 0 Å². The van der Waals surface area contributed by atoms with E-state index in [1.165, 1.54) is 11.3 Å². The number of rotatable bonds is 8. The number of halogens is 1. The van der Waals surface area contributed by atoms with E-state index in [-0.39, 0.29) is 29.4 Å². The van der Waals surface area contributed by atoms with E-state index in [9.17, 15) is 0 Å². The number of ether oxygens (including phenoxy) is 3. The Bertz CT molecular complexity index is 940. The molecule has 3 heterocycles. The molecule has 2 N–H and O–H groups in total. The van der Waals surface area contributed by atoms with Gasteiger partial charge in [-0.05, 0) is 63.8 Å². The van der Waals surface area contributed by atoms with Crippen LogP contribution in [0.25, 0.3) is 0 Å². The van der Waals surface area contributed by atoms with Crippen molar-refractivity contribution in [3.63, 3.8) is 0 Å². The molecular formula is C24H36IN5O3. The lowest BCUT2D eigenvalue weighted by Crippen LogP contribution is -2.41. The number of aliphatic imine (C=N–C) groups is 1. The lowest BCUT2D eigenvalue weighted by Gasteiger charge is -2.36. The molecule has 1 fully saturated rings. The normalized spacial score (nSPS) is 16.9. The van der Waals surface area contributed by atoms with Crippen molar-refractivity contribution in [2.45, 2.75) is 52.0 Å². The summed E-state index contributed by atoms with van der Waals surface area (Å²) >= 11 is 0. The monoisotopic (exact) mass is 569 g/mol. The van der Waals surface area contributed by atoms with Crippen molar-refractivity contribution in [1.82, 2.24) is 20.4 Å². The maximum atomic E-state index is 5.68. The summed E-state index contributed by atoms with van der Waals surface area (Å²) in [5, 5.41) is 11.4. The van der Waals surface area contributed by atoms with E-state index in [1.54, 1.807) is 0 Å². The standard InChI is InChI=1S/C24H35N5O3.HI/c1-4-25-23(26-10-5-11-29-19(3)14-18(2)28-29)27-16-24(8-12-30-13-9-24)20-6-7-21-22(15-20)32-17-31-21;/h6-7,14-15H,4-5,8-13,16-17H2,1-3H3,(H2,25,26,27);1H. The van der Waals surface area contributed by atoms with Crippen LogP contribution in [0.3, 0.4) is 0 Å². The summed E-state index contributed by atoms with van der Waals surface area (Å²) in [5.74, 6) is 2.50. The Labute approximate surface area is 213 Å². The van der Waals surface area contributed by atoms with Gasteiger partial charge < -0.3 is 24.8 Å². The molecule has 8 nitrogen and oxygen atoms in total. The summed E-state index contributed by atoms with van der Waals surface area (Å²) in [5.41, 5.74) is 3.45. The number of guanidine groups is 1. The van der Waals surface area contributed by atoms with E-state index in [1.807, 2.05) is 13.0 Å². The maximum absolute atomic E-state index is 5.68. The molecule has 0 bridgehead atoms. The molecule has 2 aliphatic rings. The summed E-state index contributed by atoms with van der Waals surface area (Å²) in [7, 11) is 0. The summed E-state index contributed by atoms with van der Waals surface area (Å²) in [4.78, 5) is 4.99. The van der Waals surface area contributed by atoms with Gasteiger partial charge in [-0.1, -0.05) is 6.07 Å². The van der Waals surface area contributed by atoms with E-state index < -0.39 is 0 Å². The third-order valence-electron chi connectivity index (χ3n) is 6.26. The second kappa shape index (κ2) is 11.9. The Kier molecular flexibility index (Phi) is 9.25. The number of hydrogen-bond acceptors (Lipinski definition) is 5. The van der Waals surface area contributed by atoms with Crippen LogP contribution < -0.4 is 20.1 Å². The molecule has 2 aromatic rings. The minimum absolute atomic E-state index is 0. The number of aromatic nitrogens is 2. The van der Waals surface area contributed by atoms with Gasteiger partial charge in [0.25, 0.3) is 0 Å². The third-order valence-corrected chi connectivity index (χ3v) is 6.26. The van der Waals surface area contributed by atoms with Gasteiger partial charge in [0, 0.05) is 44.0 Å². The van der Waals surface area contributed by atoms with Crippen LogP contribution in [0.2, 0.25) is 0 Å². The molecule has 2 aliphatic heterocycles. The second-order valence-corrected chi connectivity index (χ2v) is 8.59. The quantitative estimate of drug-likeness (QED) is 0.219. The third kappa shape index (κ3) is 6.32. The van der Waals surface area contributed by atoms with E-state index in [4.69, 9.17) is 19.2 Å². The number of benzene rings is 1. The van der Waals surface area contributed by atoms with E-state index in [0.29, 0.717) is 13.3 Å². The number of nitrogens with one attached hydrogen (secondary N) is 2. The second-order valence-electron chi connectivity index (χ2n) is 8.59. The molecule has 1 aromatic heterocycles. The number of hydrogen-bond donors (Lipinski definition) is 2. The highest BCUT2D eigenvalue weighted by Crippen LogP contribution is 2.41. The van der Waals surface area contributed by atoms with Crippen LogP contribution in [-0.4, -0.2) is 55.4 Å². The zero-order valence-corrected chi connectivity index (χ0v) is 22.2. The minimum Gasteiger partial charge on any atom is -0.454 e. The van der Waals surface area contributed by atoms with Gasteiger partial charge in [-0.25, -0.2) is 0 Å². The number of nitrogens with zero attached hydrogens (tertiary/aromatic N) is 3. The molecule has 0 radical (unpaired) electrons. The Morgan fingerprint density at radius 2 is 1.91 bits per heavy atom. The predicted octanol–water partition coefficient (Wildman–Crippen LogP) is 3.54. The molecule has 0 amide bonds. The first-order chi connectivity index (χ1) is 15.6. The van der Waals surface area contributed by atoms with Gasteiger partial charge in [0.2, 0.25) is 6.79 Å². The van der Waals surface area contributed by atoms with Crippen LogP contribution in [-0.2, 0) is 16.7 Å². The SMILES string of the molecule is CCNC(=NCC1(c2ccc3c(c2)OCO3)CCOCC1)NCCCn1nc(C)cc1C.I. The van der Waals surface area contributed by atoms with Crippen molar-refractivity contribution in [2.75, 3.05) is 39.6 Å². The lowest BCUT2D eigenvalue weighted by atomic mass is 9.74. The molecule has 0 atom stereocenters. The van der Waals surface area contributed by atoms with Crippen molar-refractivity contribution in [1.29, 1.82) is 0 Å². The zero-order chi connectivity index (χ0) is 22.4. The van der Waals surface area contributed by atoms with Crippen molar-refractivity contribution in [2.24, 2.45) is 4.99 Å². The molecule has 0 aliphatic carbocycles. The molecule has 0 unspecified atom stereocenters. The van der Waals surface area contributed by atoms with E-state index in [0.717, 1.165) is 75.3 Å². The largest absolute Gasteiger partial charge is 0.454 e. The Morgan fingerprint density at radius 3 is 2.64 bits per heavy atom.